The van der Waals surface area contributed by atoms with Crippen molar-refractivity contribution in [1.29, 1.82) is 0 Å². The number of rotatable bonds is 10. The van der Waals surface area contributed by atoms with Crippen LogP contribution in [-0.2, 0) is 4.79 Å². The molecule has 0 aromatic rings. The Balaban J connectivity index is 4.44. The highest BCUT2D eigenvalue weighted by molar-refractivity contribution is 5.82. The first kappa shape index (κ1) is 17.7. The van der Waals surface area contributed by atoms with Crippen LogP contribution in [0.3, 0.4) is 0 Å². The summed E-state index contributed by atoms with van der Waals surface area (Å²) in [4.78, 5) is 24.9. The van der Waals surface area contributed by atoms with Crippen LogP contribution >= 0.6 is 0 Å². The number of hydrogen-bond acceptors (Lipinski definition) is 2. The van der Waals surface area contributed by atoms with Crippen LogP contribution in [0.25, 0.3) is 0 Å². The van der Waals surface area contributed by atoms with E-state index in [0.29, 0.717) is 19.5 Å². The lowest BCUT2D eigenvalue weighted by atomic mass is 10.2. The number of nitrogens with zero attached hydrogens (tertiary/aromatic N) is 1. The molecule has 0 rings (SSSR count). The van der Waals surface area contributed by atoms with Crippen molar-refractivity contribution in [3.63, 3.8) is 0 Å². The molecule has 0 aromatic carbocycles. The van der Waals surface area contributed by atoms with Gasteiger partial charge in [-0.1, -0.05) is 40.0 Å². The Kier molecular flexibility index (Phi) is 9.94. The van der Waals surface area contributed by atoms with Gasteiger partial charge in [0.2, 0.25) is 0 Å². The fraction of sp³-hybridized carbons (Fsp3) is 0.857. The minimum absolute atomic E-state index is 0.247. The van der Waals surface area contributed by atoms with E-state index in [1.165, 1.54) is 0 Å². The predicted molar refractivity (Wildman–Crippen MR) is 76.3 cm³/mol. The van der Waals surface area contributed by atoms with E-state index in [0.717, 1.165) is 32.1 Å². The molecule has 0 saturated carbocycles. The molecular formula is C14H28N2O3. The van der Waals surface area contributed by atoms with Crippen molar-refractivity contribution < 1.29 is 14.7 Å². The number of carbonyl (C=O) groups is 2. The molecule has 0 bridgehead atoms. The highest BCUT2D eigenvalue weighted by Gasteiger charge is 2.21. The van der Waals surface area contributed by atoms with Crippen molar-refractivity contribution in [2.45, 2.75) is 65.3 Å². The summed E-state index contributed by atoms with van der Waals surface area (Å²) in [6.45, 7) is 7.45. The van der Waals surface area contributed by atoms with Gasteiger partial charge in [-0.15, -0.1) is 0 Å². The lowest BCUT2D eigenvalue weighted by molar-refractivity contribution is -0.139. The van der Waals surface area contributed by atoms with Gasteiger partial charge in [-0.25, -0.2) is 9.59 Å². The van der Waals surface area contributed by atoms with Gasteiger partial charge in [0.15, 0.2) is 0 Å². The van der Waals surface area contributed by atoms with Crippen molar-refractivity contribution in [3.8, 4) is 0 Å². The number of amides is 2. The van der Waals surface area contributed by atoms with Crippen molar-refractivity contribution in [3.05, 3.63) is 0 Å². The largest absolute Gasteiger partial charge is 0.480 e. The number of urea groups is 1. The summed E-state index contributed by atoms with van der Waals surface area (Å²) in [5.74, 6) is -0.957. The number of hydrogen-bond donors (Lipinski definition) is 2. The topological polar surface area (TPSA) is 69.6 Å². The summed E-state index contributed by atoms with van der Waals surface area (Å²) in [6.07, 6.45) is 5.14. The molecular weight excluding hydrogens is 244 g/mol. The third kappa shape index (κ3) is 7.70. The summed E-state index contributed by atoms with van der Waals surface area (Å²) in [6, 6.07) is -1.02. The van der Waals surface area contributed by atoms with E-state index in [1.54, 1.807) is 4.90 Å². The summed E-state index contributed by atoms with van der Waals surface area (Å²) in [5, 5.41) is 11.7. The lowest BCUT2D eigenvalue weighted by Crippen LogP contribution is -2.48. The first-order valence-electron chi connectivity index (χ1n) is 7.34. The summed E-state index contributed by atoms with van der Waals surface area (Å²) in [5.41, 5.74) is 0. The van der Waals surface area contributed by atoms with Gasteiger partial charge in [-0.2, -0.15) is 0 Å². The maximum atomic E-state index is 12.1. The number of unbranched alkanes of at least 4 members (excludes halogenated alkanes) is 2. The van der Waals surface area contributed by atoms with Crippen molar-refractivity contribution in [2.24, 2.45) is 0 Å². The fourth-order valence-corrected chi connectivity index (χ4v) is 1.80. The van der Waals surface area contributed by atoms with Gasteiger partial charge >= 0.3 is 12.0 Å². The first-order valence-corrected chi connectivity index (χ1v) is 7.34. The third-order valence-electron chi connectivity index (χ3n) is 3.02. The molecule has 0 fully saturated rings. The second-order valence-corrected chi connectivity index (χ2v) is 4.82. The second kappa shape index (κ2) is 10.6. The summed E-state index contributed by atoms with van der Waals surface area (Å²) >= 11 is 0. The smallest absolute Gasteiger partial charge is 0.326 e. The maximum absolute atomic E-state index is 12.1. The van der Waals surface area contributed by atoms with Crippen LogP contribution in [0.5, 0.6) is 0 Å². The van der Waals surface area contributed by atoms with E-state index in [1.807, 2.05) is 6.92 Å². The molecule has 0 spiro atoms. The highest BCUT2D eigenvalue weighted by Crippen LogP contribution is 2.03. The predicted octanol–water partition coefficient (Wildman–Crippen LogP) is 2.85. The average Bonchev–Trinajstić information content (AvgIpc) is 2.38. The van der Waals surface area contributed by atoms with Crippen LogP contribution in [-0.4, -0.2) is 41.1 Å². The van der Waals surface area contributed by atoms with E-state index in [9.17, 15) is 9.59 Å². The Morgan fingerprint density at radius 3 is 1.95 bits per heavy atom. The normalized spacial score (nSPS) is 11.9. The molecule has 0 aliphatic carbocycles. The Labute approximate surface area is 116 Å². The molecule has 0 aromatic heterocycles. The monoisotopic (exact) mass is 272 g/mol. The van der Waals surface area contributed by atoms with Gasteiger partial charge in [-0.3, -0.25) is 0 Å². The van der Waals surface area contributed by atoms with Crippen molar-refractivity contribution >= 4 is 12.0 Å². The molecule has 2 amide bonds. The lowest BCUT2D eigenvalue weighted by Gasteiger charge is -2.25. The summed E-state index contributed by atoms with van der Waals surface area (Å²) in [7, 11) is 0. The van der Waals surface area contributed by atoms with Crippen LogP contribution in [0.15, 0.2) is 0 Å². The highest BCUT2D eigenvalue weighted by atomic mass is 16.4. The number of carboxylic acid groups (broad SMARTS) is 1. The zero-order valence-electron chi connectivity index (χ0n) is 12.4. The number of aliphatic carboxylic acids is 1. The zero-order valence-corrected chi connectivity index (χ0v) is 12.4. The van der Waals surface area contributed by atoms with Crippen LogP contribution in [0.4, 0.5) is 4.79 Å². The number of nitrogens with one attached hydrogen (secondary N) is 1. The van der Waals surface area contributed by atoms with Gasteiger partial charge in [0.05, 0.1) is 0 Å². The van der Waals surface area contributed by atoms with E-state index >= 15 is 0 Å². The van der Waals surface area contributed by atoms with Crippen LogP contribution in [0, 0.1) is 0 Å². The Morgan fingerprint density at radius 1 is 1.05 bits per heavy atom. The molecule has 0 saturated heterocycles. The minimum Gasteiger partial charge on any atom is -0.480 e. The first-order chi connectivity index (χ1) is 9.06. The standard InChI is InChI=1S/C14H28N2O3/c1-4-7-10-16(11-8-5-2)14(19)15-12(9-6-3)13(17)18/h12H,4-11H2,1-3H3,(H,15,19)(H,17,18)/t12-/m0/s1. The molecule has 0 unspecified atom stereocenters. The molecule has 0 heterocycles. The quantitative estimate of drug-likeness (QED) is 0.642. The van der Waals surface area contributed by atoms with E-state index in [2.05, 4.69) is 19.2 Å². The molecule has 5 heteroatoms. The van der Waals surface area contributed by atoms with E-state index < -0.39 is 12.0 Å². The molecule has 1 atom stereocenters. The SMILES string of the molecule is CCCCN(CCCC)C(=O)N[C@@H](CCC)C(=O)O. The van der Waals surface area contributed by atoms with Gasteiger partial charge in [0.25, 0.3) is 0 Å². The number of carboxylic acids is 1. The third-order valence-corrected chi connectivity index (χ3v) is 3.02. The fourth-order valence-electron chi connectivity index (χ4n) is 1.80. The van der Waals surface area contributed by atoms with Crippen LogP contribution in [0.1, 0.15) is 59.3 Å². The Hall–Kier alpha value is -1.26. The molecule has 5 nitrogen and oxygen atoms in total. The van der Waals surface area contributed by atoms with Gasteiger partial charge in [0, 0.05) is 13.1 Å². The molecule has 112 valence electrons. The molecule has 0 aliphatic heterocycles. The van der Waals surface area contributed by atoms with Crippen LogP contribution in [0.2, 0.25) is 0 Å². The van der Waals surface area contributed by atoms with Gasteiger partial charge < -0.3 is 15.3 Å². The minimum atomic E-state index is -0.957. The van der Waals surface area contributed by atoms with Gasteiger partial charge in [-0.05, 0) is 19.3 Å². The molecule has 0 aliphatic rings. The number of carbonyl (C=O) groups excluding carboxylic acids is 1. The Bertz CT molecular complexity index is 261. The maximum Gasteiger partial charge on any atom is 0.326 e. The molecule has 0 radical (unpaired) electrons. The van der Waals surface area contributed by atoms with E-state index in [4.69, 9.17) is 5.11 Å². The zero-order chi connectivity index (χ0) is 14.7. The van der Waals surface area contributed by atoms with Gasteiger partial charge in [0.1, 0.15) is 6.04 Å². The summed E-state index contributed by atoms with van der Waals surface area (Å²) < 4.78 is 0. The van der Waals surface area contributed by atoms with Crippen LogP contribution < -0.4 is 5.32 Å². The molecule has 19 heavy (non-hydrogen) atoms. The second-order valence-electron chi connectivity index (χ2n) is 4.82. The average molecular weight is 272 g/mol. The van der Waals surface area contributed by atoms with Crippen molar-refractivity contribution in [1.82, 2.24) is 10.2 Å². The Morgan fingerprint density at radius 2 is 1.58 bits per heavy atom. The van der Waals surface area contributed by atoms with E-state index in [-0.39, 0.29) is 6.03 Å². The molecule has 2 N–H and O–H groups in total. The van der Waals surface area contributed by atoms with Crippen molar-refractivity contribution in [2.75, 3.05) is 13.1 Å².